The van der Waals surface area contributed by atoms with Crippen LogP contribution in [-0.4, -0.2) is 39.4 Å². The maximum atomic E-state index is 12.4. The third-order valence-corrected chi connectivity index (χ3v) is 4.92. The van der Waals surface area contributed by atoms with Crippen LogP contribution in [0.2, 0.25) is 0 Å². The molecular formula is C24H30O6. The maximum Gasteiger partial charge on any atom is 0.320 e. The Morgan fingerprint density at radius 2 is 1.10 bits per heavy atom. The molecule has 0 aliphatic carbocycles. The Labute approximate surface area is 178 Å². The number of hydrogen-bond donors (Lipinski definition) is 0. The Balaban J connectivity index is 2.29. The molecule has 0 fully saturated rings. The maximum absolute atomic E-state index is 12.4. The lowest BCUT2D eigenvalue weighted by atomic mass is 9.85. The van der Waals surface area contributed by atoms with Gasteiger partial charge in [0.25, 0.3) is 0 Å². The first kappa shape index (κ1) is 23.3. The van der Waals surface area contributed by atoms with Crippen LogP contribution in [0.25, 0.3) is 0 Å². The standard InChI is InChI=1S/C24H30O6/c1-5-29-23(25)22(24(26)30-6-2)16-15-21(17-7-11-19(27-3)12-8-17)18-9-13-20(28-4)14-10-18/h7-14,21-22H,5-6,15-16H2,1-4H3. The summed E-state index contributed by atoms with van der Waals surface area (Å²) in [6, 6.07) is 15.6. The minimum atomic E-state index is -0.941. The van der Waals surface area contributed by atoms with Crippen LogP contribution in [0.3, 0.4) is 0 Å². The van der Waals surface area contributed by atoms with Crippen molar-refractivity contribution in [2.45, 2.75) is 32.6 Å². The second-order valence-corrected chi connectivity index (χ2v) is 6.73. The van der Waals surface area contributed by atoms with E-state index in [0.717, 1.165) is 22.6 Å². The van der Waals surface area contributed by atoms with Gasteiger partial charge in [-0.15, -0.1) is 0 Å². The molecule has 2 aromatic rings. The Bertz CT molecular complexity index is 732. The average Bonchev–Trinajstić information content (AvgIpc) is 2.77. The van der Waals surface area contributed by atoms with Gasteiger partial charge in [-0.1, -0.05) is 24.3 Å². The van der Waals surface area contributed by atoms with E-state index < -0.39 is 17.9 Å². The zero-order chi connectivity index (χ0) is 21.9. The highest BCUT2D eigenvalue weighted by atomic mass is 16.6. The highest BCUT2D eigenvalue weighted by Crippen LogP contribution is 2.33. The molecule has 6 heteroatoms. The van der Waals surface area contributed by atoms with Gasteiger partial charge >= 0.3 is 11.9 Å². The van der Waals surface area contributed by atoms with Crippen molar-refractivity contribution in [3.63, 3.8) is 0 Å². The zero-order valence-electron chi connectivity index (χ0n) is 18.1. The summed E-state index contributed by atoms with van der Waals surface area (Å²) in [5.74, 6) is -0.512. The molecule has 162 valence electrons. The van der Waals surface area contributed by atoms with Gasteiger partial charge in [-0.25, -0.2) is 0 Å². The van der Waals surface area contributed by atoms with Gasteiger partial charge in [0.1, 0.15) is 11.5 Å². The van der Waals surface area contributed by atoms with Crippen molar-refractivity contribution >= 4 is 11.9 Å². The summed E-state index contributed by atoms with van der Waals surface area (Å²) in [7, 11) is 3.25. The summed E-state index contributed by atoms with van der Waals surface area (Å²) in [6.07, 6.45) is 0.890. The molecule has 0 amide bonds. The molecule has 6 nitrogen and oxygen atoms in total. The van der Waals surface area contributed by atoms with Gasteiger partial charge in [0, 0.05) is 5.92 Å². The summed E-state index contributed by atoms with van der Waals surface area (Å²) < 4.78 is 20.7. The lowest BCUT2D eigenvalue weighted by molar-refractivity contribution is -0.162. The van der Waals surface area contributed by atoms with E-state index in [1.54, 1.807) is 28.1 Å². The minimum Gasteiger partial charge on any atom is -0.497 e. The van der Waals surface area contributed by atoms with Crippen LogP contribution in [0, 0.1) is 5.92 Å². The molecular weight excluding hydrogens is 384 g/mol. The Kier molecular flexibility index (Phi) is 9.19. The molecule has 30 heavy (non-hydrogen) atoms. The first-order valence-corrected chi connectivity index (χ1v) is 10.1. The molecule has 0 atom stereocenters. The molecule has 0 aliphatic heterocycles. The normalized spacial score (nSPS) is 10.7. The molecule has 0 N–H and O–H groups in total. The van der Waals surface area contributed by atoms with Crippen LogP contribution in [0.1, 0.15) is 43.7 Å². The topological polar surface area (TPSA) is 71.1 Å². The molecule has 0 radical (unpaired) electrons. The van der Waals surface area contributed by atoms with E-state index in [4.69, 9.17) is 18.9 Å². The van der Waals surface area contributed by atoms with Crippen LogP contribution in [-0.2, 0) is 19.1 Å². The van der Waals surface area contributed by atoms with E-state index in [-0.39, 0.29) is 19.1 Å². The summed E-state index contributed by atoms with van der Waals surface area (Å²) in [5, 5.41) is 0. The number of esters is 2. The third kappa shape index (κ3) is 6.24. The predicted octanol–water partition coefficient (Wildman–Crippen LogP) is 4.36. The number of methoxy groups -OCH3 is 2. The van der Waals surface area contributed by atoms with Gasteiger partial charge < -0.3 is 18.9 Å². The molecule has 0 saturated carbocycles. The average molecular weight is 414 g/mol. The Morgan fingerprint density at radius 3 is 1.43 bits per heavy atom. The van der Waals surface area contributed by atoms with Crippen LogP contribution >= 0.6 is 0 Å². The molecule has 0 aromatic heterocycles. The summed E-state index contributed by atoms with van der Waals surface area (Å²) in [6.45, 7) is 3.87. The second kappa shape index (κ2) is 11.9. The van der Waals surface area contributed by atoms with Crippen LogP contribution in [0.4, 0.5) is 0 Å². The van der Waals surface area contributed by atoms with Gasteiger partial charge in [-0.05, 0) is 62.1 Å². The van der Waals surface area contributed by atoms with Crippen LogP contribution < -0.4 is 9.47 Å². The number of benzene rings is 2. The van der Waals surface area contributed by atoms with Crippen molar-refractivity contribution in [1.82, 2.24) is 0 Å². The smallest absolute Gasteiger partial charge is 0.320 e. The number of ether oxygens (including phenoxy) is 4. The van der Waals surface area contributed by atoms with Crippen molar-refractivity contribution in [3.8, 4) is 11.5 Å². The predicted molar refractivity (Wildman–Crippen MR) is 114 cm³/mol. The number of hydrogen-bond acceptors (Lipinski definition) is 6. The fraction of sp³-hybridized carbons (Fsp3) is 0.417. The highest BCUT2D eigenvalue weighted by Gasteiger charge is 2.30. The minimum absolute atomic E-state index is 0.0202. The molecule has 0 saturated heterocycles. The lowest BCUT2D eigenvalue weighted by Crippen LogP contribution is -2.28. The van der Waals surface area contributed by atoms with Crippen molar-refractivity contribution in [3.05, 3.63) is 59.7 Å². The van der Waals surface area contributed by atoms with E-state index >= 15 is 0 Å². The first-order chi connectivity index (χ1) is 14.5. The second-order valence-electron chi connectivity index (χ2n) is 6.73. The van der Waals surface area contributed by atoms with Crippen molar-refractivity contribution in [2.75, 3.05) is 27.4 Å². The monoisotopic (exact) mass is 414 g/mol. The lowest BCUT2D eigenvalue weighted by Gasteiger charge is -2.21. The summed E-state index contributed by atoms with van der Waals surface area (Å²) in [5.41, 5.74) is 2.12. The van der Waals surface area contributed by atoms with Crippen molar-refractivity contribution in [1.29, 1.82) is 0 Å². The first-order valence-electron chi connectivity index (χ1n) is 10.1. The van der Waals surface area contributed by atoms with Gasteiger partial charge in [-0.2, -0.15) is 0 Å². The Morgan fingerprint density at radius 1 is 0.700 bits per heavy atom. The molecule has 2 aromatic carbocycles. The SMILES string of the molecule is CCOC(=O)C(CCC(c1ccc(OC)cc1)c1ccc(OC)cc1)C(=O)OCC. The number of carbonyl (C=O) groups is 2. The van der Waals surface area contributed by atoms with E-state index in [2.05, 4.69) is 0 Å². The van der Waals surface area contributed by atoms with Crippen molar-refractivity contribution in [2.24, 2.45) is 5.92 Å². The molecule has 0 unspecified atom stereocenters. The van der Waals surface area contributed by atoms with Crippen LogP contribution in [0.15, 0.2) is 48.5 Å². The van der Waals surface area contributed by atoms with Gasteiger partial charge in [0.2, 0.25) is 0 Å². The van der Waals surface area contributed by atoms with E-state index in [0.29, 0.717) is 12.8 Å². The third-order valence-electron chi connectivity index (χ3n) is 4.92. The highest BCUT2D eigenvalue weighted by molar-refractivity contribution is 5.94. The van der Waals surface area contributed by atoms with Gasteiger partial charge in [0.05, 0.1) is 27.4 Å². The van der Waals surface area contributed by atoms with E-state index in [9.17, 15) is 9.59 Å². The quantitative estimate of drug-likeness (QED) is 0.402. The van der Waals surface area contributed by atoms with Crippen molar-refractivity contribution < 1.29 is 28.5 Å². The van der Waals surface area contributed by atoms with Crippen LogP contribution in [0.5, 0.6) is 11.5 Å². The molecule has 2 rings (SSSR count). The number of rotatable bonds is 11. The van der Waals surface area contributed by atoms with E-state index in [1.807, 2.05) is 48.5 Å². The van der Waals surface area contributed by atoms with Gasteiger partial charge in [0.15, 0.2) is 5.92 Å². The fourth-order valence-electron chi connectivity index (χ4n) is 3.35. The largest absolute Gasteiger partial charge is 0.497 e. The summed E-state index contributed by atoms with van der Waals surface area (Å²) in [4.78, 5) is 24.7. The Hall–Kier alpha value is -3.02. The molecule has 0 bridgehead atoms. The molecule has 0 aliphatic rings. The fourth-order valence-corrected chi connectivity index (χ4v) is 3.35. The molecule has 0 spiro atoms. The summed E-state index contributed by atoms with van der Waals surface area (Å²) >= 11 is 0. The zero-order valence-corrected chi connectivity index (χ0v) is 18.1. The van der Waals surface area contributed by atoms with E-state index in [1.165, 1.54) is 0 Å². The van der Waals surface area contributed by atoms with Gasteiger partial charge in [-0.3, -0.25) is 9.59 Å². The number of carbonyl (C=O) groups excluding carboxylic acids is 2. The molecule has 0 heterocycles.